The summed E-state index contributed by atoms with van der Waals surface area (Å²) in [6, 6.07) is 5.58. The van der Waals surface area contributed by atoms with Gasteiger partial charge in [0.2, 0.25) is 0 Å². The molecule has 0 heterocycles. The van der Waals surface area contributed by atoms with Gasteiger partial charge in [0.25, 0.3) is 0 Å². The number of rotatable bonds is 7. The molecule has 4 heteroatoms. The van der Waals surface area contributed by atoms with Crippen LogP contribution in [0.15, 0.2) is 23.1 Å². The van der Waals surface area contributed by atoms with Crippen molar-refractivity contribution >= 4 is 23.4 Å². The van der Waals surface area contributed by atoms with Crippen LogP contribution in [0.1, 0.15) is 37.0 Å². The Kier molecular flexibility index (Phi) is 6.05. The molecule has 0 fully saturated rings. The number of benzene rings is 1. The van der Waals surface area contributed by atoms with Gasteiger partial charge in [-0.25, -0.2) is 4.79 Å². The number of hydrogen-bond acceptors (Lipinski definition) is 3. The topological polar surface area (TPSA) is 49.3 Å². The van der Waals surface area contributed by atoms with Gasteiger partial charge in [0.1, 0.15) is 0 Å². The van der Waals surface area contributed by atoms with Crippen molar-refractivity contribution in [2.24, 2.45) is 5.92 Å². The largest absolute Gasteiger partial charge is 0.478 e. The van der Waals surface area contributed by atoms with Crippen LogP contribution in [-0.2, 0) is 0 Å². The van der Waals surface area contributed by atoms with Crippen molar-refractivity contribution in [2.45, 2.75) is 31.6 Å². The molecule has 0 saturated heterocycles. The molecular formula is C14H21NO2S. The van der Waals surface area contributed by atoms with E-state index in [2.05, 4.69) is 19.2 Å². The molecule has 0 atom stereocenters. The van der Waals surface area contributed by atoms with Crippen molar-refractivity contribution in [1.29, 1.82) is 0 Å². The van der Waals surface area contributed by atoms with Gasteiger partial charge in [-0.1, -0.05) is 32.8 Å². The third-order valence-corrected chi connectivity index (χ3v) is 3.98. The van der Waals surface area contributed by atoms with Crippen molar-refractivity contribution in [2.75, 3.05) is 18.1 Å². The van der Waals surface area contributed by atoms with E-state index in [-0.39, 0.29) is 0 Å². The van der Waals surface area contributed by atoms with Crippen LogP contribution in [0.2, 0.25) is 0 Å². The van der Waals surface area contributed by atoms with Crippen molar-refractivity contribution in [3.05, 3.63) is 23.8 Å². The van der Waals surface area contributed by atoms with E-state index in [9.17, 15) is 9.90 Å². The summed E-state index contributed by atoms with van der Waals surface area (Å²) in [6.45, 7) is 5.14. The molecule has 0 radical (unpaired) electrons. The lowest BCUT2D eigenvalue weighted by molar-refractivity contribution is 0.0694. The van der Waals surface area contributed by atoms with Gasteiger partial charge in [-0.05, 0) is 24.3 Å². The minimum atomic E-state index is -0.869. The highest BCUT2D eigenvalue weighted by atomic mass is 32.2. The second-order valence-electron chi connectivity index (χ2n) is 4.25. The maximum atomic E-state index is 11.3. The van der Waals surface area contributed by atoms with Crippen molar-refractivity contribution in [1.82, 2.24) is 0 Å². The van der Waals surface area contributed by atoms with Gasteiger partial charge in [0.15, 0.2) is 0 Å². The van der Waals surface area contributed by atoms with Crippen LogP contribution in [0, 0.1) is 5.92 Å². The quantitative estimate of drug-likeness (QED) is 0.734. The highest BCUT2D eigenvalue weighted by molar-refractivity contribution is 7.98. The van der Waals surface area contributed by atoms with Crippen LogP contribution in [0.4, 0.5) is 5.69 Å². The lowest BCUT2D eigenvalue weighted by Gasteiger charge is -2.16. The fourth-order valence-corrected chi connectivity index (χ4v) is 2.52. The van der Waals surface area contributed by atoms with Crippen LogP contribution < -0.4 is 5.32 Å². The Bertz CT molecular complexity index is 403. The molecule has 0 aliphatic carbocycles. The Morgan fingerprint density at radius 3 is 2.56 bits per heavy atom. The monoisotopic (exact) mass is 267 g/mol. The van der Waals surface area contributed by atoms with E-state index < -0.39 is 5.97 Å². The number of hydrogen-bond donors (Lipinski definition) is 2. The summed E-state index contributed by atoms with van der Waals surface area (Å²) >= 11 is 1.46. The molecule has 0 saturated carbocycles. The lowest BCUT2D eigenvalue weighted by atomic mass is 10.0. The first-order valence-corrected chi connectivity index (χ1v) is 7.50. The van der Waals surface area contributed by atoms with Gasteiger partial charge in [-0.2, -0.15) is 0 Å². The number of carboxylic acid groups (broad SMARTS) is 1. The third kappa shape index (κ3) is 3.67. The number of carboxylic acids is 1. The van der Waals surface area contributed by atoms with E-state index >= 15 is 0 Å². The zero-order chi connectivity index (χ0) is 13.5. The summed E-state index contributed by atoms with van der Waals surface area (Å²) in [4.78, 5) is 12.1. The molecule has 0 aromatic heterocycles. The van der Waals surface area contributed by atoms with E-state index in [0.717, 1.165) is 30.0 Å². The summed E-state index contributed by atoms with van der Waals surface area (Å²) in [5.74, 6) is -0.281. The van der Waals surface area contributed by atoms with E-state index in [0.29, 0.717) is 11.5 Å². The minimum absolute atomic E-state index is 0.385. The van der Waals surface area contributed by atoms with Gasteiger partial charge >= 0.3 is 5.97 Å². The molecule has 1 rings (SSSR count). The van der Waals surface area contributed by atoms with Crippen LogP contribution >= 0.6 is 11.8 Å². The van der Waals surface area contributed by atoms with Gasteiger partial charge in [0, 0.05) is 17.1 Å². The number of thioether (sulfide) groups is 1. The molecule has 1 aromatic carbocycles. The Labute approximate surface area is 113 Å². The second kappa shape index (κ2) is 7.31. The molecule has 0 bridgehead atoms. The molecule has 0 amide bonds. The predicted octanol–water partition coefficient (Wildman–Crippen LogP) is 3.95. The Morgan fingerprint density at radius 1 is 1.39 bits per heavy atom. The van der Waals surface area contributed by atoms with E-state index in [1.807, 2.05) is 24.5 Å². The van der Waals surface area contributed by atoms with Crippen LogP contribution in [-0.4, -0.2) is 23.9 Å². The average Bonchev–Trinajstić information content (AvgIpc) is 2.39. The first-order chi connectivity index (χ1) is 8.63. The number of aromatic carboxylic acids is 1. The zero-order valence-electron chi connectivity index (χ0n) is 11.2. The third-order valence-electron chi connectivity index (χ3n) is 3.20. The molecule has 0 spiro atoms. The van der Waals surface area contributed by atoms with Gasteiger partial charge in [0.05, 0.1) is 5.56 Å². The minimum Gasteiger partial charge on any atom is -0.478 e. The number of nitrogens with one attached hydrogen (secondary N) is 1. The van der Waals surface area contributed by atoms with Gasteiger partial charge in [-0.3, -0.25) is 0 Å². The van der Waals surface area contributed by atoms with E-state index in [1.54, 1.807) is 0 Å². The van der Waals surface area contributed by atoms with Gasteiger partial charge in [-0.15, -0.1) is 11.8 Å². The molecular weight excluding hydrogens is 246 g/mol. The fraction of sp³-hybridized carbons (Fsp3) is 0.500. The van der Waals surface area contributed by atoms with Crippen LogP contribution in [0.5, 0.6) is 0 Å². The normalized spacial score (nSPS) is 10.7. The molecule has 0 aliphatic heterocycles. The first-order valence-electron chi connectivity index (χ1n) is 6.28. The highest BCUT2D eigenvalue weighted by Crippen LogP contribution is 2.27. The van der Waals surface area contributed by atoms with Crippen LogP contribution in [0.25, 0.3) is 0 Å². The molecule has 0 aliphatic rings. The summed E-state index contributed by atoms with van der Waals surface area (Å²) in [7, 11) is 0. The molecule has 0 unspecified atom stereocenters. The number of carbonyl (C=O) groups is 1. The van der Waals surface area contributed by atoms with Crippen molar-refractivity contribution in [3.63, 3.8) is 0 Å². The van der Waals surface area contributed by atoms with E-state index in [4.69, 9.17) is 0 Å². The van der Waals surface area contributed by atoms with Crippen molar-refractivity contribution in [3.8, 4) is 0 Å². The first kappa shape index (κ1) is 14.9. The fourth-order valence-electron chi connectivity index (χ4n) is 1.90. The zero-order valence-corrected chi connectivity index (χ0v) is 12.0. The Morgan fingerprint density at radius 2 is 2.06 bits per heavy atom. The Balaban J connectivity index is 2.91. The molecule has 3 nitrogen and oxygen atoms in total. The van der Waals surface area contributed by atoms with Gasteiger partial charge < -0.3 is 10.4 Å². The smallest absolute Gasteiger partial charge is 0.338 e. The van der Waals surface area contributed by atoms with E-state index in [1.165, 1.54) is 11.8 Å². The summed E-state index contributed by atoms with van der Waals surface area (Å²) < 4.78 is 0. The maximum Gasteiger partial charge on any atom is 0.338 e. The van der Waals surface area contributed by atoms with Crippen molar-refractivity contribution < 1.29 is 9.90 Å². The SMILES string of the molecule is CCC(CC)CNc1cccc(SC)c1C(=O)O. The molecule has 18 heavy (non-hydrogen) atoms. The number of anilines is 1. The highest BCUT2D eigenvalue weighted by Gasteiger charge is 2.15. The Hall–Kier alpha value is -1.16. The second-order valence-corrected chi connectivity index (χ2v) is 5.10. The summed E-state index contributed by atoms with van der Waals surface area (Å²) in [5.41, 5.74) is 1.11. The summed E-state index contributed by atoms with van der Waals surface area (Å²) in [6.07, 6.45) is 4.11. The lowest BCUT2D eigenvalue weighted by Crippen LogP contribution is -2.15. The molecule has 2 N–H and O–H groups in total. The summed E-state index contributed by atoms with van der Waals surface area (Å²) in [5, 5.41) is 12.6. The van der Waals surface area contributed by atoms with Crippen LogP contribution in [0.3, 0.4) is 0 Å². The standard InChI is InChI=1S/C14H21NO2S/c1-4-10(5-2)9-15-11-7-6-8-12(18-3)13(11)14(16)17/h6-8,10,15H,4-5,9H2,1-3H3,(H,16,17). The maximum absolute atomic E-state index is 11.3. The average molecular weight is 267 g/mol. The predicted molar refractivity (Wildman–Crippen MR) is 77.7 cm³/mol. The molecule has 1 aromatic rings. The molecule has 100 valence electrons.